The molecule has 162 valence electrons. The summed E-state index contributed by atoms with van der Waals surface area (Å²) in [6, 6.07) is 0. The standard InChI is InChI=1S/C22H26O8/c1-9-19(27-5)13(11(3)23)17(25)15(21(9)29-7)16-18(26)14(12(4)24)20(28-6)10(2)22(16)30-8/h25-26H,1-8H3. The summed E-state index contributed by atoms with van der Waals surface area (Å²) in [5.74, 6) is -1.22. The van der Waals surface area contributed by atoms with Gasteiger partial charge in [-0.1, -0.05) is 0 Å². The molecule has 0 saturated carbocycles. The van der Waals surface area contributed by atoms with Crippen molar-refractivity contribution in [3.63, 3.8) is 0 Å². The number of aromatic hydroxyl groups is 2. The van der Waals surface area contributed by atoms with Crippen LogP contribution in [-0.2, 0) is 0 Å². The van der Waals surface area contributed by atoms with Gasteiger partial charge in [-0.3, -0.25) is 9.59 Å². The molecular formula is C22H26O8. The van der Waals surface area contributed by atoms with Gasteiger partial charge < -0.3 is 29.2 Å². The minimum atomic E-state index is -0.463. The molecule has 0 radical (unpaired) electrons. The van der Waals surface area contributed by atoms with Crippen LogP contribution in [0.1, 0.15) is 45.7 Å². The molecule has 0 atom stereocenters. The first kappa shape index (κ1) is 22.9. The maximum absolute atomic E-state index is 12.3. The predicted molar refractivity (Wildman–Crippen MR) is 111 cm³/mol. The van der Waals surface area contributed by atoms with Crippen LogP contribution >= 0.6 is 0 Å². The number of Topliss-reactive ketones (excluding diaryl/α,β-unsaturated/α-hetero) is 2. The number of carbonyl (C=O) groups excluding carboxylic acids is 2. The minimum Gasteiger partial charge on any atom is -0.506 e. The lowest BCUT2D eigenvalue weighted by Gasteiger charge is -2.24. The molecule has 0 aromatic heterocycles. The number of phenolic OH excluding ortho intramolecular Hbond substituents is 2. The van der Waals surface area contributed by atoms with Gasteiger partial charge >= 0.3 is 0 Å². The van der Waals surface area contributed by atoms with Crippen LogP contribution in [0.4, 0.5) is 0 Å². The van der Waals surface area contributed by atoms with E-state index in [1.165, 1.54) is 42.3 Å². The van der Waals surface area contributed by atoms with Crippen LogP contribution in [0.3, 0.4) is 0 Å². The van der Waals surface area contributed by atoms with Crippen LogP contribution in [0.15, 0.2) is 0 Å². The molecule has 0 heterocycles. The molecule has 0 aliphatic carbocycles. The molecule has 0 fully saturated rings. The summed E-state index contributed by atoms with van der Waals surface area (Å²) in [5, 5.41) is 22.2. The molecule has 8 heteroatoms. The van der Waals surface area contributed by atoms with E-state index in [1.807, 2.05) is 0 Å². The largest absolute Gasteiger partial charge is 0.506 e. The van der Waals surface area contributed by atoms with Gasteiger partial charge in [-0.15, -0.1) is 0 Å². The fraction of sp³-hybridized carbons (Fsp3) is 0.364. The third-order valence-electron chi connectivity index (χ3n) is 4.99. The summed E-state index contributed by atoms with van der Waals surface area (Å²) in [4.78, 5) is 24.6. The molecule has 0 aliphatic heterocycles. The second-order valence-corrected chi connectivity index (χ2v) is 6.69. The first-order valence-electron chi connectivity index (χ1n) is 9.05. The lowest BCUT2D eigenvalue weighted by Crippen LogP contribution is -2.08. The van der Waals surface area contributed by atoms with Crippen molar-refractivity contribution in [2.45, 2.75) is 27.7 Å². The Balaban J connectivity index is 3.23. The second-order valence-electron chi connectivity index (χ2n) is 6.69. The molecule has 8 nitrogen and oxygen atoms in total. The highest BCUT2D eigenvalue weighted by Gasteiger charge is 2.33. The molecule has 2 aromatic rings. The molecule has 2 N–H and O–H groups in total. The highest BCUT2D eigenvalue weighted by atomic mass is 16.5. The van der Waals surface area contributed by atoms with E-state index in [0.29, 0.717) is 11.1 Å². The van der Waals surface area contributed by atoms with Gasteiger partial charge in [0.1, 0.15) is 45.6 Å². The van der Waals surface area contributed by atoms with E-state index in [4.69, 9.17) is 18.9 Å². The van der Waals surface area contributed by atoms with Crippen LogP contribution in [0.5, 0.6) is 34.5 Å². The Morgan fingerprint density at radius 2 is 0.867 bits per heavy atom. The fourth-order valence-corrected chi connectivity index (χ4v) is 3.77. The van der Waals surface area contributed by atoms with Crippen LogP contribution in [0.25, 0.3) is 11.1 Å². The smallest absolute Gasteiger partial charge is 0.167 e. The highest BCUT2D eigenvalue weighted by molar-refractivity contribution is 6.08. The zero-order valence-corrected chi connectivity index (χ0v) is 18.3. The van der Waals surface area contributed by atoms with Crippen molar-refractivity contribution in [3.8, 4) is 45.6 Å². The van der Waals surface area contributed by atoms with E-state index in [0.717, 1.165) is 0 Å². The average molecular weight is 418 g/mol. The topological polar surface area (TPSA) is 112 Å². The molecule has 2 aromatic carbocycles. The van der Waals surface area contributed by atoms with Crippen molar-refractivity contribution in [3.05, 3.63) is 22.3 Å². The lowest BCUT2D eigenvalue weighted by atomic mass is 9.89. The third kappa shape index (κ3) is 3.28. The Kier molecular flexibility index (Phi) is 6.50. The lowest BCUT2D eigenvalue weighted by molar-refractivity contribution is 0.0998. The van der Waals surface area contributed by atoms with Crippen molar-refractivity contribution >= 4 is 11.6 Å². The van der Waals surface area contributed by atoms with E-state index >= 15 is 0 Å². The predicted octanol–water partition coefficient (Wildman–Crippen LogP) is 3.82. The molecule has 2 rings (SSSR count). The van der Waals surface area contributed by atoms with Crippen molar-refractivity contribution in [2.75, 3.05) is 28.4 Å². The Bertz CT molecular complexity index is 953. The Morgan fingerprint density at radius 3 is 1.07 bits per heavy atom. The number of phenols is 2. The number of methoxy groups -OCH3 is 4. The highest BCUT2D eigenvalue weighted by Crippen LogP contribution is 2.56. The zero-order valence-electron chi connectivity index (χ0n) is 18.3. The quantitative estimate of drug-likeness (QED) is 0.653. The normalized spacial score (nSPS) is 10.5. The van der Waals surface area contributed by atoms with Gasteiger partial charge in [-0.2, -0.15) is 0 Å². The number of rotatable bonds is 7. The Labute approximate surface area is 175 Å². The first-order valence-corrected chi connectivity index (χ1v) is 9.05. The fourth-order valence-electron chi connectivity index (χ4n) is 3.77. The van der Waals surface area contributed by atoms with Crippen molar-refractivity contribution in [1.29, 1.82) is 0 Å². The molecule has 0 aliphatic rings. The number of hydrogen-bond donors (Lipinski definition) is 2. The number of ether oxygens (including phenoxy) is 4. The maximum atomic E-state index is 12.3. The van der Waals surface area contributed by atoms with E-state index in [2.05, 4.69) is 0 Å². The van der Waals surface area contributed by atoms with Crippen LogP contribution < -0.4 is 18.9 Å². The first-order chi connectivity index (χ1) is 14.1. The maximum Gasteiger partial charge on any atom is 0.167 e. The van der Waals surface area contributed by atoms with Crippen molar-refractivity contribution in [1.82, 2.24) is 0 Å². The van der Waals surface area contributed by atoms with Crippen LogP contribution in [0, 0.1) is 13.8 Å². The van der Waals surface area contributed by atoms with Crippen LogP contribution in [-0.4, -0.2) is 50.2 Å². The summed E-state index contributed by atoms with van der Waals surface area (Å²) >= 11 is 0. The van der Waals surface area contributed by atoms with Crippen molar-refractivity contribution < 1.29 is 38.7 Å². The number of carbonyl (C=O) groups is 2. The molecule has 0 amide bonds. The number of ketones is 2. The van der Waals surface area contributed by atoms with Crippen LogP contribution in [0.2, 0.25) is 0 Å². The monoisotopic (exact) mass is 418 g/mol. The second kappa shape index (κ2) is 8.52. The summed E-state index contributed by atoms with van der Waals surface area (Å²) in [6.45, 7) is 5.87. The third-order valence-corrected chi connectivity index (χ3v) is 4.99. The Hall–Kier alpha value is -3.42. The van der Waals surface area contributed by atoms with E-state index in [-0.39, 0.29) is 45.3 Å². The number of benzene rings is 2. The van der Waals surface area contributed by atoms with E-state index < -0.39 is 23.1 Å². The van der Waals surface area contributed by atoms with Gasteiger partial charge in [0.05, 0.1) is 39.6 Å². The SMILES string of the molecule is COc1c(C)c(OC)c(-c2c(O)c(C(C)=O)c(OC)c(C)c2OC)c(O)c1C(C)=O. The van der Waals surface area contributed by atoms with Crippen molar-refractivity contribution in [2.24, 2.45) is 0 Å². The molecule has 30 heavy (non-hydrogen) atoms. The molecule has 0 unspecified atom stereocenters. The molecule has 0 saturated heterocycles. The Morgan fingerprint density at radius 1 is 0.600 bits per heavy atom. The minimum absolute atomic E-state index is 0.00334. The van der Waals surface area contributed by atoms with Gasteiger partial charge in [0.15, 0.2) is 11.6 Å². The van der Waals surface area contributed by atoms with Gasteiger partial charge in [0.25, 0.3) is 0 Å². The van der Waals surface area contributed by atoms with Gasteiger partial charge in [0, 0.05) is 11.1 Å². The summed E-state index contributed by atoms with van der Waals surface area (Å²) in [7, 11) is 5.50. The van der Waals surface area contributed by atoms with Gasteiger partial charge in [-0.25, -0.2) is 0 Å². The summed E-state index contributed by atoms with van der Waals surface area (Å²) < 4.78 is 21.7. The van der Waals surface area contributed by atoms with E-state index in [1.54, 1.807) is 13.8 Å². The summed E-state index contributed by atoms with van der Waals surface area (Å²) in [6.07, 6.45) is 0. The van der Waals surface area contributed by atoms with E-state index in [9.17, 15) is 19.8 Å². The van der Waals surface area contributed by atoms with Gasteiger partial charge in [-0.05, 0) is 27.7 Å². The molecule has 0 spiro atoms. The number of hydrogen-bond acceptors (Lipinski definition) is 8. The van der Waals surface area contributed by atoms with Gasteiger partial charge in [0.2, 0.25) is 0 Å². The molecule has 0 bridgehead atoms. The summed E-state index contributed by atoms with van der Waals surface area (Å²) in [5.41, 5.74) is 0.706. The molecular weight excluding hydrogens is 392 g/mol. The zero-order chi connectivity index (χ0) is 22.9. The average Bonchev–Trinajstić information content (AvgIpc) is 2.69.